The minimum absolute atomic E-state index is 0.884. The van der Waals surface area contributed by atoms with Gasteiger partial charge in [-0.3, -0.25) is 0 Å². The maximum Gasteiger partial charge on any atom is 0.172 e. The number of rotatable bonds is 0. The van der Waals surface area contributed by atoms with Crippen molar-refractivity contribution in [3.63, 3.8) is 0 Å². The molecule has 40 valence electrons. The van der Waals surface area contributed by atoms with Gasteiger partial charge in [-0.05, 0) is 17.6 Å². The fraction of sp³-hybridized carbons (Fsp3) is 0. The van der Waals surface area contributed by atoms with Crippen molar-refractivity contribution < 1.29 is 0 Å². The Labute approximate surface area is 49.5 Å². The smallest absolute Gasteiger partial charge is 0.172 e. The van der Waals surface area contributed by atoms with Crippen LogP contribution in [-0.2, 0) is 0 Å². The maximum absolute atomic E-state index is 3.79. The summed E-state index contributed by atoms with van der Waals surface area (Å²) in [6.07, 6.45) is 1.86. The Kier molecular flexibility index (Phi) is 0.648. The zero-order valence-electron chi connectivity index (χ0n) is 3.96. The Bertz CT molecular complexity index is 233. The second-order valence-corrected chi connectivity index (χ2v) is 2.25. The average molecular weight is 125 g/mol. The van der Waals surface area contributed by atoms with Gasteiger partial charge in [0.05, 0.1) is 4.70 Å². The second kappa shape index (κ2) is 1.29. The van der Waals surface area contributed by atoms with E-state index in [0.29, 0.717) is 0 Å². The lowest BCUT2D eigenvalue weighted by Crippen LogP contribution is -1.63. The first-order chi connectivity index (χ1) is 3.97. The van der Waals surface area contributed by atoms with Gasteiger partial charge in [-0.1, -0.05) is 4.49 Å². The summed E-state index contributed by atoms with van der Waals surface area (Å²) in [7, 11) is 0. The molecule has 0 aliphatic heterocycles. The van der Waals surface area contributed by atoms with Gasteiger partial charge in [0.15, 0.2) is 5.65 Å². The van der Waals surface area contributed by atoms with Crippen molar-refractivity contribution in [3.05, 3.63) is 12.3 Å². The van der Waals surface area contributed by atoms with E-state index in [-0.39, 0.29) is 0 Å². The van der Waals surface area contributed by atoms with Gasteiger partial charge < -0.3 is 4.98 Å². The van der Waals surface area contributed by atoms with E-state index in [1.54, 1.807) is 0 Å². The van der Waals surface area contributed by atoms with Crippen LogP contribution in [0.25, 0.3) is 10.3 Å². The molecule has 2 aromatic rings. The van der Waals surface area contributed by atoms with E-state index in [1.807, 2.05) is 12.3 Å². The van der Waals surface area contributed by atoms with Crippen molar-refractivity contribution in [2.45, 2.75) is 0 Å². The van der Waals surface area contributed by atoms with Crippen LogP contribution in [0.2, 0.25) is 0 Å². The van der Waals surface area contributed by atoms with Crippen LogP contribution < -0.4 is 0 Å². The van der Waals surface area contributed by atoms with E-state index in [9.17, 15) is 0 Å². The van der Waals surface area contributed by atoms with E-state index in [4.69, 9.17) is 0 Å². The lowest BCUT2D eigenvalue weighted by Gasteiger charge is -1.62. The summed E-state index contributed by atoms with van der Waals surface area (Å²) in [4.78, 5) is 2.94. The average Bonchev–Trinajstić information content (AvgIpc) is 2.15. The highest BCUT2D eigenvalue weighted by atomic mass is 32.1. The Balaban J connectivity index is 3.06. The lowest BCUT2D eigenvalue weighted by molar-refractivity contribution is 1.17. The number of hydrogen-bond acceptors (Lipinski definition) is 3. The topological polar surface area (TPSA) is 41.6 Å². The van der Waals surface area contributed by atoms with Crippen molar-refractivity contribution >= 4 is 21.9 Å². The molecule has 0 saturated carbocycles. The van der Waals surface area contributed by atoms with Crippen LogP contribution in [0.4, 0.5) is 0 Å². The summed E-state index contributed by atoms with van der Waals surface area (Å²) in [5, 5.41) is 3.79. The van der Waals surface area contributed by atoms with Gasteiger partial charge in [-0.2, -0.15) is 0 Å². The predicted octanol–water partition coefficient (Wildman–Crippen LogP) is 1.02. The number of fused-ring (bicyclic) bond motifs is 1. The molecule has 2 rings (SSSR count). The van der Waals surface area contributed by atoms with Crippen LogP contribution in [-0.4, -0.2) is 14.6 Å². The summed E-state index contributed by atoms with van der Waals surface area (Å²) >= 11 is 1.40. The molecule has 0 aliphatic rings. The summed E-state index contributed by atoms with van der Waals surface area (Å²) in [6.45, 7) is 0. The molecule has 0 aliphatic carbocycles. The van der Waals surface area contributed by atoms with E-state index in [1.165, 1.54) is 11.5 Å². The summed E-state index contributed by atoms with van der Waals surface area (Å²) in [6, 6.07) is 1.96. The number of nitrogens with zero attached hydrogens (tertiary/aromatic N) is 2. The number of H-pyrrole nitrogens is 1. The van der Waals surface area contributed by atoms with Crippen LogP contribution in [0, 0.1) is 0 Å². The molecule has 0 amide bonds. The number of aromatic amines is 1. The van der Waals surface area contributed by atoms with Crippen LogP contribution in [0.1, 0.15) is 0 Å². The van der Waals surface area contributed by atoms with Gasteiger partial charge in [-0.15, -0.1) is 5.10 Å². The molecule has 3 nitrogen and oxygen atoms in total. The SMILES string of the molecule is c1cc2snnc2[nH]1. The van der Waals surface area contributed by atoms with Crippen molar-refractivity contribution in [1.29, 1.82) is 0 Å². The first kappa shape index (κ1) is 4.03. The van der Waals surface area contributed by atoms with Crippen molar-refractivity contribution in [2.24, 2.45) is 0 Å². The van der Waals surface area contributed by atoms with Crippen LogP contribution >= 0.6 is 11.5 Å². The molecule has 0 radical (unpaired) electrons. The fourth-order valence-corrected chi connectivity index (χ4v) is 1.13. The Morgan fingerprint density at radius 3 is 3.50 bits per heavy atom. The molecule has 0 spiro atoms. The van der Waals surface area contributed by atoms with Crippen molar-refractivity contribution in [2.75, 3.05) is 0 Å². The summed E-state index contributed by atoms with van der Waals surface area (Å²) in [5.41, 5.74) is 0.884. The molecule has 0 atom stereocenters. The second-order valence-electron chi connectivity index (χ2n) is 1.46. The Morgan fingerprint density at radius 2 is 2.62 bits per heavy atom. The van der Waals surface area contributed by atoms with E-state index < -0.39 is 0 Å². The van der Waals surface area contributed by atoms with Gasteiger partial charge in [-0.25, -0.2) is 0 Å². The summed E-state index contributed by atoms with van der Waals surface area (Å²) in [5.74, 6) is 0. The van der Waals surface area contributed by atoms with Gasteiger partial charge in [0.2, 0.25) is 0 Å². The third-order valence-electron chi connectivity index (χ3n) is 0.968. The molecular weight excluding hydrogens is 122 g/mol. The third-order valence-corrected chi connectivity index (χ3v) is 1.66. The largest absolute Gasteiger partial charge is 0.344 e. The first-order valence-electron chi connectivity index (χ1n) is 2.22. The molecular formula is C4H3N3S. The van der Waals surface area contributed by atoms with Gasteiger partial charge in [0.25, 0.3) is 0 Å². The quantitative estimate of drug-likeness (QED) is 0.571. The van der Waals surface area contributed by atoms with Crippen molar-refractivity contribution in [1.82, 2.24) is 14.6 Å². The monoisotopic (exact) mass is 125 g/mol. The molecule has 0 bridgehead atoms. The van der Waals surface area contributed by atoms with Crippen molar-refractivity contribution in [3.8, 4) is 0 Å². The van der Waals surface area contributed by atoms with E-state index in [2.05, 4.69) is 14.6 Å². The summed E-state index contributed by atoms with van der Waals surface area (Å²) < 4.78 is 4.84. The highest BCUT2D eigenvalue weighted by Crippen LogP contribution is 2.10. The van der Waals surface area contributed by atoms with Gasteiger partial charge in [0, 0.05) is 6.20 Å². The van der Waals surface area contributed by atoms with E-state index >= 15 is 0 Å². The zero-order valence-corrected chi connectivity index (χ0v) is 4.77. The zero-order chi connectivity index (χ0) is 5.40. The molecule has 0 unspecified atom stereocenters. The molecule has 1 N–H and O–H groups in total. The van der Waals surface area contributed by atoms with Gasteiger partial charge in [0.1, 0.15) is 0 Å². The molecule has 2 heterocycles. The van der Waals surface area contributed by atoms with Crippen LogP contribution in [0.15, 0.2) is 12.3 Å². The van der Waals surface area contributed by atoms with Crippen LogP contribution in [0.3, 0.4) is 0 Å². The third kappa shape index (κ3) is 0.376. The Hall–Kier alpha value is -0.900. The molecule has 4 heteroatoms. The minimum Gasteiger partial charge on any atom is -0.344 e. The standard InChI is InChI=1S/C4H3N3S/c1-2-5-4-3(1)8-7-6-4/h1-2,5H. The number of nitrogens with one attached hydrogen (secondary N) is 1. The number of aromatic nitrogens is 3. The maximum atomic E-state index is 3.79. The normalized spacial score (nSPS) is 10.5. The fourth-order valence-electron chi connectivity index (χ4n) is 0.603. The lowest BCUT2D eigenvalue weighted by atomic mass is 10.6. The van der Waals surface area contributed by atoms with Crippen LogP contribution in [0.5, 0.6) is 0 Å². The molecule has 8 heavy (non-hydrogen) atoms. The minimum atomic E-state index is 0.884. The first-order valence-corrected chi connectivity index (χ1v) is 2.99. The van der Waals surface area contributed by atoms with E-state index in [0.717, 1.165) is 10.3 Å². The molecule has 2 aromatic heterocycles. The highest BCUT2D eigenvalue weighted by Gasteiger charge is 1.93. The molecule has 0 aromatic carbocycles. The molecule has 0 saturated heterocycles. The molecule has 0 fully saturated rings. The Morgan fingerprint density at radius 1 is 1.62 bits per heavy atom. The predicted molar refractivity (Wildman–Crippen MR) is 31.8 cm³/mol. The van der Waals surface area contributed by atoms with Gasteiger partial charge >= 0.3 is 0 Å². The highest BCUT2D eigenvalue weighted by molar-refractivity contribution is 7.12. The number of hydrogen-bond donors (Lipinski definition) is 1.